The molecule has 0 aliphatic heterocycles. The number of H-pyrrole nitrogens is 1. The van der Waals surface area contributed by atoms with Crippen LogP contribution in [0, 0.1) is 0 Å². The van der Waals surface area contributed by atoms with Crippen molar-refractivity contribution in [2.24, 2.45) is 0 Å². The third kappa shape index (κ3) is 2.66. The number of aromatic hydroxyl groups is 1. The molecule has 22 heavy (non-hydrogen) atoms. The second-order valence-electron chi connectivity index (χ2n) is 4.56. The second-order valence-corrected chi connectivity index (χ2v) is 4.56. The van der Waals surface area contributed by atoms with Gasteiger partial charge in [0.25, 0.3) is 0 Å². The van der Waals surface area contributed by atoms with Crippen molar-refractivity contribution in [1.29, 1.82) is 0 Å². The summed E-state index contributed by atoms with van der Waals surface area (Å²) in [5.74, 6) is -1.69. The summed E-state index contributed by atoms with van der Waals surface area (Å²) in [5, 5.41) is 21.3. The van der Waals surface area contributed by atoms with E-state index in [9.17, 15) is 19.8 Å². The van der Waals surface area contributed by atoms with E-state index in [0.717, 1.165) is 0 Å². The van der Waals surface area contributed by atoms with Gasteiger partial charge in [-0.3, -0.25) is 4.79 Å². The number of aromatic nitrogens is 1. The molecule has 3 rings (SSSR count). The standard InChI is InChI=1S/C16H11NO4.Na/c18-11-8-4-7-10-13(11)17-14(16(20)21)12(15(10)19)9-5-2-1-3-6-9;/h1-8,18H,(H,17,19)(H,20,21);/q;+1/p-1. The van der Waals surface area contributed by atoms with E-state index in [4.69, 9.17) is 0 Å². The third-order valence-corrected chi connectivity index (χ3v) is 3.28. The van der Waals surface area contributed by atoms with Crippen molar-refractivity contribution in [2.45, 2.75) is 0 Å². The molecule has 0 saturated carbocycles. The van der Waals surface area contributed by atoms with Crippen molar-refractivity contribution in [3.05, 3.63) is 64.4 Å². The Kier molecular flexibility index (Phi) is 4.71. The summed E-state index contributed by atoms with van der Waals surface area (Å²) in [6, 6.07) is 12.9. The zero-order chi connectivity index (χ0) is 15.0. The van der Waals surface area contributed by atoms with E-state index >= 15 is 0 Å². The Morgan fingerprint density at radius 2 is 1.73 bits per heavy atom. The predicted molar refractivity (Wildman–Crippen MR) is 76.0 cm³/mol. The number of benzene rings is 2. The maximum atomic E-state index is 12.6. The number of carbonyl (C=O) groups is 1. The Morgan fingerprint density at radius 1 is 1.05 bits per heavy atom. The van der Waals surface area contributed by atoms with E-state index in [-0.39, 0.29) is 57.5 Å². The van der Waals surface area contributed by atoms with Crippen LogP contribution in [0.2, 0.25) is 0 Å². The molecular formula is C16H10NNaO4. The summed E-state index contributed by atoms with van der Waals surface area (Å²) in [7, 11) is 0. The van der Waals surface area contributed by atoms with Gasteiger partial charge in [0.1, 0.15) is 5.75 Å². The van der Waals surface area contributed by atoms with Crippen molar-refractivity contribution >= 4 is 16.9 Å². The molecule has 0 radical (unpaired) electrons. The summed E-state index contributed by atoms with van der Waals surface area (Å²) in [5.41, 5.74) is -0.233. The Morgan fingerprint density at radius 3 is 2.36 bits per heavy atom. The minimum absolute atomic E-state index is 0. The molecule has 2 N–H and O–H groups in total. The number of carbonyl (C=O) groups excluding carboxylic acids is 1. The predicted octanol–water partition coefficient (Wildman–Crippen LogP) is -1.73. The normalized spacial score (nSPS) is 10.2. The zero-order valence-electron chi connectivity index (χ0n) is 11.8. The second kappa shape index (κ2) is 6.36. The number of rotatable bonds is 2. The molecule has 0 amide bonds. The quantitative estimate of drug-likeness (QED) is 0.550. The molecule has 0 aliphatic rings. The Labute approximate surface area is 147 Å². The molecule has 1 aromatic heterocycles. The third-order valence-electron chi connectivity index (χ3n) is 3.28. The molecule has 1 heterocycles. The molecular weight excluding hydrogens is 293 g/mol. The fourth-order valence-electron chi connectivity index (χ4n) is 2.33. The number of aromatic carboxylic acids is 1. The number of para-hydroxylation sites is 1. The first-order valence-corrected chi connectivity index (χ1v) is 6.24. The molecule has 0 unspecified atom stereocenters. The maximum Gasteiger partial charge on any atom is 1.00 e. The molecule has 3 aromatic rings. The fraction of sp³-hybridized carbons (Fsp3) is 0. The number of aromatic amines is 1. The largest absolute Gasteiger partial charge is 1.00 e. The number of phenolic OH excluding ortho intramolecular Hbond substituents is 1. The smallest absolute Gasteiger partial charge is 0.543 e. The van der Waals surface area contributed by atoms with Crippen molar-refractivity contribution in [2.75, 3.05) is 0 Å². The monoisotopic (exact) mass is 303 g/mol. The number of pyridine rings is 1. The minimum atomic E-state index is -1.50. The van der Waals surface area contributed by atoms with Crippen molar-refractivity contribution < 1.29 is 44.6 Å². The number of carboxylic acids is 1. The topological polar surface area (TPSA) is 93.2 Å². The number of nitrogens with one attached hydrogen (secondary N) is 1. The van der Waals surface area contributed by atoms with Crippen LogP contribution in [0.5, 0.6) is 5.75 Å². The number of hydrogen-bond acceptors (Lipinski definition) is 4. The summed E-state index contributed by atoms with van der Waals surface area (Å²) >= 11 is 0. The van der Waals surface area contributed by atoms with Crippen LogP contribution in [-0.2, 0) is 0 Å². The van der Waals surface area contributed by atoms with Crippen LogP contribution in [0.4, 0.5) is 0 Å². The Bertz CT molecular complexity index is 903. The van der Waals surface area contributed by atoms with Crippen LogP contribution in [0.15, 0.2) is 53.3 Å². The van der Waals surface area contributed by atoms with Gasteiger partial charge < -0.3 is 20.0 Å². The number of fused-ring (bicyclic) bond motifs is 1. The van der Waals surface area contributed by atoms with Gasteiger partial charge in [0.15, 0.2) is 5.43 Å². The Hall–Kier alpha value is -2.08. The van der Waals surface area contributed by atoms with Crippen LogP contribution < -0.4 is 40.1 Å². The number of carboxylic acid groups (broad SMARTS) is 1. The molecule has 2 aromatic carbocycles. The average molecular weight is 303 g/mol. The van der Waals surface area contributed by atoms with Crippen LogP contribution in [-0.4, -0.2) is 16.1 Å². The van der Waals surface area contributed by atoms with Gasteiger partial charge in [0, 0.05) is 5.39 Å². The van der Waals surface area contributed by atoms with Crippen LogP contribution in [0.25, 0.3) is 22.0 Å². The van der Waals surface area contributed by atoms with Gasteiger partial charge in [-0.15, -0.1) is 0 Å². The molecule has 0 bridgehead atoms. The van der Waals surface area contributed by atoms with E-state index in [1.165, 1.54) is 18.2 Å². The molecule has 0 saturated heterocycles. The first kappa shape index (κ1) is 16.3. The molecule has 5 nitrogen and oxygen atoms in total. The fourth-order valence-corrected chi connectivity index (χ4v) is 2.33. The average Bonchev–Trinajstić information content (AvgIpc) is 2.48. The molecule has 0 atom stereocenters. The number of hydrogen-bond donors (Lipinski definition) is 2. The summed E-state index contributed by atoms with van der Waals surface area (Å²) < 4.78 is 0. The molecule has 0 aliphatic carbocycles. The minimum Gasteiger partial charge on any atom is -0.543 e. The first-order chi connectivity index (χ1) is 10.1. The zero-order valence-corrected chi connectivity index (χ0v) is 13.8. The van der Waals surface area contributed by atoms with Crippen LogP contribution >= 0.6 is 0 Å². The number of phenols is 1. The molecule has 0 fully saturated rings. The summed E-state index contributed by atoms with van der Waals surface area (Å²) in [4.78, 5) is 26.5. The SMILES string of the molecule is O=C([O-])c1[nH]c2c(O)cccc2c(=O)c1-c1ccccc1.[Na+]. The van der Waals surface area contributed by atoms with Gasteiger partial charge in [0.2, 0.25) is 0 Å². The maximum absolute atomic E-state index is 12.6. The van der Waals surface area contributed by atoms with Gasteiger partial charge in [-0.05, 0) is 17.7 Å². The summed E-state index contributed by atoms with van der Waals surface area (Å²) in [6.45, 7) is 0. The van der Waals surface area contributed by atoms with E-state index < -0.39 is 11.4 Å². The Balaban J connectivity index is 0.00000176. The first-order valence-electron chi connectivity index (χ1n) is 6.24. The van der Waals surface area contributed by atoms with E-state index in [2.05, 4.69) is 4.98 Å². The van der Waals surface area contributed by atoms with Crippen LogP contribution in [0.1, 0.15) is 10.5 Å². The summed E-state index contributed by atoms with van der Waals surface area (Å²) in [6.07, 6.45) is 0. The van der Waals surface area contributed by atoms with Gasteiger partial charge in [-0.1, -0.05) is 36.4 Å². The van der Waals surface area contributed by atoms with Gasteiger partial charge in [-0.2, -0.15) is 0 Å². The van der Waals surface area contributed by atoms with Crippen molar-refractivity contribution in [3.63, 3.8) is 0 Å². The van der Waals surface area contributed by atoms with E-state index in [0.29, 0.717) is 5.56 Å². The molecule has 6 heteroatoms. The van der Waals surface area contributed by atoms with Crippen LogP contribution in [0.3, 0.4) is 0 Å². The van der Waals surface area contributed by atoms with Gasteiger partial charge in [-0.25, -0.2) is 0 Å². The molecule has 0 spiro atoms. The van der Waals surface area contributed by atoms with Gasteiger partial charge >= 0.3 is 29.6 Å². The molecule has 104 valence electrons. The van der Waals surface area contributed by atoms with Crippen molar-refractivity contribution in [3.8, 4) is 16.9 Å². The van der Waals surface area contributed by atoms with E-state index in [1.54, 1.807) is 30.3 Å². The van der Waals surface area contributed by atoms with E-state index in [1.807, 2.05) is 0 Å². The van der Waals surface area contributed by atoms with Gasteiger partial charge in [0.05, 0.1) is 22.7 Å². The van der Waals surface area contributed by atoms with Crippen molar-refractivity contribution in [1.82, 2.24) is 4.98 Å².